The predicted molar refractivity (Wildman–Crippen MR) is 98.9 cm³/mol. The highest BCUT2D eigenvalue weighted by atomic mass is 19.3. The van der Waals surface area contributed by atoms with Gasteiger partial charge >= 0.3 is 0 Å². The van der Waals surface area contributed by atoms with Crippen LogP contribution in [0.5, 0.6) is 0 Å². The van der Waals surface area contributed by atoms with Crippen molar-refractivity contribution < 1.29 is 18.3 Å². The Morgan fingerprint density at radius 2 is 2.07 bits per heavy atom. The predicted octanol–water partition coefficient (Wildman–Crippen LogP) is 3.14. The highest BCUT2D eigenvalue weighted by Gasteiger charge is 2.45. The molecule has 0 aromatic carbocycles. The van der Waals surface area contributed by atoms with Gasteiger partial charge in [0.25, 0.3) is 5.92 Å². The zero-order valence-electron chi connectivity index (χ0n) is 15.7. The van der Waals surface area contributed by atoms with Gasteiger partial charge < -0.3 is 15.0 Å². The molecule has 7 nitrogen and oxygen atoms in total. The van der Waals surface area contributed by atoms with Crippen molar-refractivity contribution in [2.75, 3.05) is 30.0 Å². The molecule has 0 bridgehead atoms. The Kier molecular flexibility index (Phi) is 4.49. The van der Waals surface area contributed by atoms with Gasteiger partial charge in [-0.3, -0.25) is 4.79 Å². The lowest BCUT2D eigenvalue weighted by molar-refractivity contribution is -0.114. The molecule has 2 aliphatic heterocycles. The molecule has 0 atom stereocenters. The highest BCUT2D eigenvalue weighted by Crippen LogP contribution is 2.49. The molecule has 4 heterocycles. The number of pyridine rings is 1. The van der Waals surface area contributed by atoms with Gasteiger partial charge in [-0.2, -0.15) is 8.78 Å². The second-order valence-corrected chi connectivity index (χ2v) is 7.38. The van der Waals surface area contributed by atoms with Crippen molar-refractivity contribution in [1.82, 2.24) is 15.0 Å². The van der Waals surface area contributed by atoms with Gasteiger partial charge in [0.05, 0.1) is 5.69 Å². The number of nitrogens with one attached hydrogen (secondary N) is 1. The maximum atomic E-state index is 13.8. The van der Waals surface area contributed by atoms with Crippen LogP contribution in [-0.2, 0) is 20.9 Å². The third-order valence-corrected chi connectivity index (χ3v) is 5.29. The normalized spacial score (nSPS) is 18.2. The fourth-order valence-electron chi connectivity index (χ4n) is 3.89. The summed E-state index contributed by atoms with van der Waals surface area (Å²) in [6.07, 6.45) is 4.69. The van der Waals surface area contributed by atoms with E-state index >= 15 is 0 Å². The number of fused-ring (bicyclic) bond motifs is 2. The number of carbonyl (C=O) groups excluding carboxylic acids is 1. The van der Waals surface area contributed by atoms with E-state index in [2.05, 4.69) is 20.3 Å². The molecule has 2 aliphatic rings. The molecule has 2 aromatic heterocycles. The minimum Gasteiger partial charge on any atom is -0.381 e. The number of amides is 1. The standard InChI is InChI=1S/C19H21F2N5O2/c1-12(27)24-16-9-14-13(10-23-16)19(4-7-28-8-5-19)11-26(14)17-22-6-3-15(25-17)18(2,20)21/h3,6,9-10H,4-5,7-8,11H2,1-2H3,(H,23,24,27). The fraction of sp³-hybridized carbons (Fsp3) is 0.474. The summed E-state index contributed by atoms with van der Waals surface area (Å²) in [4.78, 5) is 26.0. The number of nitrogens with zero attached hydrogens (tertiary/aromatic N) is 4. The molecule has 1 spiro atoms. The van der Waals surface area contributed by atoms with Crippen LogP contribution in [0.25, 0.3) is 0 Å². The number of aromatic nitrogens is 3. The Labute approximate surface area is 161 Å². The van der Waals surface area contributed by atoms with Crippen LogP contribution in [0.2, 0.25) is 0 Å². The lowest BCUT2D eigenvalue weighted by Gasteiger charge is -2.33. The smallest absolute Gasteiger partial charge is 0.287 e. The molecule has 4 rings (SSSR count). The summed E-state index contributed by atoms with van der Waals surface area (Å²) in [5, 5.41) is 2.67. The molecule has 2 aromatic rings. The van der Waals surface area contributed by atoms with E-state index in [4.69, 9.17) is 4.74 Å². The summed E-state index contributed by atoms with van der Waals surface area (Å²) in [7, 11) is 0. The molecule has 0 aliphatic carbocycles. The molecule has 148 valence electrons. The van der Waals surface area contributed by atoms with Gasteiger partial charge in [-0.25, -0.2) is 15.0 Å². The first-order valence-electron chi connectivity index (χ1n) is 9.13. The molecular weight excluding hydrogens is 368 g/mol. The lowest BCUT2D eigenvalue weighted by Crippen LogP contribution is -2.38. The van der Waals surface area contributed by atoms with E-state index in [-0.39, 0.29) is 23.0 Å². The lowest BCUT2D eigenvalue weighted by atomic mass is 9.76. The summed E-state index contributed by atoms with van der Waals surface area (Å²) >= 11 is 0. The van der Waals surface area contributed by atoms with Gasteiger partial charge in [-0.1, -0.05) is 0 Å². The van der Waals surface area contributed by atoms with E-state index in [1.807, 2.05) is 4.90 Å². The maximum absolute atomic E-state index is 13.8. The summed E-state index contributed by atoms with van der Waals surface area (Å²) < 4.78 is 33.1. The first-order chi connectivity index (χ1) is 13.3. The molecule has 0 saturated carbocycles. The quantitative estimate of drug-likeness (QED) is 0.869. The third-order valence-electron chi connectivity index (χ3n) is 5.29. The molecule has 1 saturated heterocycles. The minimum absolute atomic E-state index is 0.205. The van der Waals surface area contributed by atoms with E-state index in [1.165, 1.54) is 19.2 Å². The average molecular weight is 389 g/mol. The van der Waals surface area contributed by atoms with Crippen molar-refractivity contribution in [2.45, 2.75) is 38.0 Å². The van der Waals surface area contributed by atoms with E-state index in [0.29, 0.717) is 25.6 Å². The van der Waals surface area contributed by atoms with E-state index in [9.17, 15) is 13.6 Å². The van der Waals surface area contributed by atoms with Crippen LogP contribution in [0.4, 0.5) is 26.2 Å². The van der Waals surface area contributed by atoms with E-state index in [0.717, 1.165) is 31.0 Å². The number of anilines is 3. The molecular formula is C19H21F2N5O2. The summed E-state index contributed by atoms with van der Waals surface area (Å²) in [6, 6.07) is 2.97. The first-order valence-corrected chi connectivity index (χ1v) is 9.13. The Hall–Kier alpha value is -2.68. The number of ether oxygens (including phenoxy) is 1. The highest BCUT2D eigenvalue weighted by molar-refractivity contribution is 5.88. The maximum Gasteiger partial charge on any atom is 0.287 e. The second kappa shape index (κ2) is 6.73. The SMILES string of the molecule is CC(=O)Nc1cc2c(cn1)C1(CCOCC1)CN2c1nccc(C(C)(F)F)n1. The van der Waals surface area contributed by atoms with Crippen molar-refractivity contribution in [2.24, 2.45) is 0 Å². The van der Waals surface area contributed by atoms with Crippen molar-refractivity contribution in [1.29, 1.82) is 0 Å². The number of alkyl halides is 2. The number of hydrogen-bond donors (Lipinski definition) is 1. The second-order valence-electron chi connectivity index (χ2n) is 7.38. The molecule has 28 heavy (non-hydrogen) atoms. The summed E-state index contributed by atoms with van der Waals surface area (Å²) in [6.45, 7) is 4.01. The fourth-order valence-corrected chi connectivity index (χ4v) is 3.89. The molecule has 1 amide bonds. The molecule has 0 unspecified atom stereocenters. The molecule has 1 N–H and O–H groups in total. The van der Waals surface area contributed by atoms with Crippen LogP contribution >= 0.6 is 0 Å². The van der Waals surface area contributed by atoms with Crippen molar-refractivity contribution >= 4 is 23.4 Å². The largest absolute Gasteiger partial charge is 0.381 e. The molecule has 1 fully saturated rings. The zero-order valence-corrected chi connectivity index (χ0v) is 15.7. The van der Waals surface area contributed by atoms with Crippen LogP contribution in [0, 0.1) is 0 Å². The Bertz CT molecular complexity index is 909. The average Bonchev–Trinajstić information content (AvgIpc) is 2.95. The van der Waals surface area contributed by atoms with Crippen LogP contribution in [0.1, 0.15) is 37.9 Å². The van der Waals surface area contributed by atoms with Crippen molar-refractivity contribution in [3.8, 4) is 0 Å². The molecule has 0 radical (unpaired) electrons. The Balaban J connectivity index is 1.80. The number of halogens is 2. The van der Waals surface area contributed by atoms with Gasteiger partial charge in [0.1, 0.15) is 11.5 Å². The van der Waals surface area contributed by atoms with Crippen LogP contribution in [-0.4, -0.2) is 40.6 Å². The van der Waals surface area contributed by atoms with Crippen molar-refractivity contribution in [3.63, 3.8) is 0 Å². The van der Waals surface area contributed by atoms with Gasteiger partial charge in [-0.05, 0) is 18.9 Å². The first kappa shape index (κ1) is 18.7. The minimum atomic E-state index is -3.06. The summed E-state index contributed by atoms with van der Waals surface area (Å²) in [5.41, 5.74) is 1.24. The number of hydrogen-bond acceptors (Lipinski definition) is 6. The van der Waals surface area contributed by atoms with Crippen LogP contribution < -0.4 is 10.2 Å². The zero-order chi connectivity index (χ0) is 19.9. The Morgan fingerprint density at radius 3 is 2.75 bits per heavy atom. The van der Waals surface area contributed by atoms with Gasteiger partial charge in [0.2, 0.25) is 11.9 Å². The topological polar surface area (TPSA) is 80.2 Å². The van der Waals surface area contributed by atoms with Crippen molar-refractivity contribution in [3.05, 3.63) is 35.8 Å². The Morgan fingerprint density at radius 1 is 1.32 bits per heavy atom. The van der Waals surface area contributed by atoms with E-state index in [1.54, 1.807) is 12.3 Å². The van der Waals surface area contributed by atoms with E-state index < -0.39 is 5.92 Å². The van der Waals surface area contributed by atoms with Gasteiger partial charge in [-0.15, -0.1) is 0 Å². The van der Waals surface area contributed by atoms with Crippen LogP contribution in [0.3, 0.4) is 0 Å². The monoisotopic (exact) mass is 389 g/mol. The van der Waals surface area contributed by atoms with Gasteiger partial charge in [0.15, 0.2) is 0 Å². The van der Waals surface area contributed by atoms with Crippen LogP contribution in [0.15, 0.2) is 24.5 Å². The number of carbonyl (C=O) groups is 1. The molecule has 9 heteroatoms. The van der Waals surface area contributed by atoms with Gasteiger partial charge in [0, 0.05) is 63.0 Å². The summed E-state index contributed by atoms with van der Waals surface area (Å²) in [5.74, 6) is -2.68. The number of rotatable bonds is 3. The third kappa shape index (κ3) is 3.30.